The van der Waals surface area contributed by atoms with Gasteiger partial charge in [-0.3, -0.25) is 0 Å². The van der Waals surface area contributed by atoms with Crippen LogP contribution in [-0.2, 0) is 4.74 Å². The summed E-state index contributed by atoms with van der Waals surface area (Å²) < 4.78 is 5.23. The predicted octanol–water partition coefficient (Wildman–Crippen LogP) is 1.33. The summed E-state index contributed by atoms with van der Waals surface area (Å²) in [7, 11) is 0. The van der Waals surface area contributed by atoms with Crippen LogP contribution in [0.1, 0.15) is 19.3 Å². The second-order valence-corrected chi connectivity index (χ2v) is 3.33. The first-order valence-corrected chi connectivity index (χ1v) is 3.86. The van der Waals surface area contributed by atoms with Crippen LogP contribution in [0, 0.1) is 22.7 Å². The highest BCUT2D eigenvalue weighted by atomic mass is 16.5. The zero-order chi connectivity index (χ0) is 7.03. The highest BCUT2D eigenvalue weighted by Gasteiger charge is 2.50. The Morgan fingerprint density at radius 2 is 2.30 bits per heavy atom. The average molecular weight is 137 g/mol. The maximum atomic E-state index is 8.81. The highest BCUT2D eigenvalue weighted by molar-refractivity contribution is 5.13. The van der Waals surface area contributed by atoms with Crippen molar-refractivity contribution in [3.8, 4) is 6.07 Å². The van der Waals surface area contributed by atoms with E-state index in [4.69, 9.17) is 10.00 Å². The van der Waals surface area contributed by atoms with Gasteiger partial charge in [0.05, 0.1) is 18.1 Å². The number of ether oxygens (including phenoxy) is 1. The Kier molecular flexibility index (Phi) is 1.21. The van der Waals surface area contributed by atoms with Gasteiger partial charge in [0, 0.05) is 12.5 Å². The third-order valence-corrected chi connectivity index (χ3v) is 2.72. The molecule has 2 nitrogen and oxygen atoms in total. The molecule has 0 amide bonds. The molecule has 2 heteroatoms. The van der Waals surface area contributed by atoms with Crippen LogP contribution in [-0.4, -0.2) is 13.2 Å². The molecule has 1 atom stereocenters. The third-order valence-electron chi connectivity index (χ3n) is 2.72. The van der Waals surface area contributed by atoms with Crippen molar-refractivity contribution < 1.29 is 4.74 Å². The molecular formula is C8H11NO. The summed E-state index contributed by atoms with van der Waals surface area (Å²) in [6, 6.07) is 2.41. The minimum Gasteiger partial charge on any atom is -0.381 e. The fourth-order valence-electron chi connectivity index (χ4n) is 1.72. The van der Waals surface area contributed by atoms with Crippen molar-refractivity contribution in [3.63, 3.8) is 0 Å². The van der Waals surface area contributed by atoms with E-state index in [2.05, 4.69) is 6.07 Å². The Balaban J connectivity index is 2.05. The fourth-order valence-corrected chi connectivity index (χ4v) is 1.72. The first-order chi connectivity index (χ1) is 4.87. The summed E-state index contributed by atoms with van der Waals surface area (Å²) in [5, 5.41) is 8.81. The minimum atomic E-state index is 0.0521. The quantitative estimate of drug-likeness (QED) is 0.546. The zero-order valence-corrected chi connectivity index (χ0v) is 5.97. The van der Waals surface area contributed by atoms with Crippen LogP contribution in [0.4, 0.5) is 0 Å². The molecule has 1 aliphatic heterocycles. The first kappa shape index (κ1) is 6.18. The lowest BCUT2D eigenvalue weighted by Crippen LogP contribution is -2.13. The molecule has 0 aromatic carbocycles. The summed E-state index contributed by atoms with van der Waals surface area (Å²) in [5.74, 6) is 0.553. The number of hydrogen-bond acceptors (Lipinski definition) is 2. The largest absolute Gasteiger partial charge is 0.381 e. The normalized spacial score (nSPS) is 35.3. The Morgan fingerprint density at radius 3 is 2.70 bits per heavy atom. The van der Waals surface area contributed by atoms with E-state index in [-0.39, 0.29) is 5.41 Å². The second kappa shape index (κ2) is 1.96. The third kappa shape index (κ3) is 0.741. The number of nitriles is 1. The predicted molar refractivity (Wildman–Crippen MR) is 36.2 cm³/mol. The van der Waals surface area contributed by atoms with E-state index in [1.54, 1.807) is 0 Å². The number of nitrogens with zero attached hydrogens (tertiary/aromatic N) is 1. The SMILES string of the molecule is N#CC1(C2CCOC2)CC1. The van der Waals surface area contributed by atoms with Crippen molar-refractivity contribution in [3.05, 3.63) is 0 Å². The Bertz CT molecular complexity index is 172. The summed E-state index contributed by atoms with van der Waals surface area (Å²) >= 11 is 0. The smallest absolute Gasteiger partial charge is 0.0693 e. The zero-order valence-electron chi connectivity index (χ0n) is 5.97. The molecule has 1 saturated heterocycles. The molecule has 1 heterocycles. The molecule has 1 unspecified atom stereocenters. The molecule has 0 radical (unpaired) electrons. The molecule has 0 aromatic heterocycles. The van der Waals surface area contributed by atoms with Gasteiger partial charge in [-0.25, -0.2) is 0 Å². The Morgan fingerprint density at radius 1 is 1.50 bits per heavy atom. The maximum absolute atomic E-state index is 8.81. The van der Waals surface area contributed by atoms with E-state index in [1.165, 1.54) is 0 Å². The van der Waals surface area contributed by atoms with Crippen molar-refractivity contribution >= 4 is 0 Å². The van der Waals surface area contributed by atoms with Crippen LogP contribution in [0.15, 0.2) is 0 Å². The summed E-state index contributed by atoms with van der Waals surface area (Å²) in [6.45, 7) is 1.70. The van der Waals surface area contributed by atoms with Crippen LogP contribution in [0.25, 0.3) is 0 Å². The molecule has 0 spiro atoms. The summed E-state index contributed by atoms with van der Waals surface area (Å²) in [5.41, 5.74) is 0.0521. The van der Waals surface area contributed by atoms with E-state index in [9.17, 15) is 0 Å². The van der Waals surface area contributed by atoms with Crippen molar-refractivity contribution in [1.82, 2.24) is 0 Å². The molecule has 1 aliphatic carbocycles. The van der Waals surface area contributed by atoms with E-state index in [0.717, 1.165) is 32.5 Å². The summed E-state index contributed by atoms with van der Waals surface area (Å²) in [4.78, 5) is 0. The van der Waals surface area contributed by atoms with Crippen molar-refractivity contribution in [2.45, 2.75) is 19.3 Å². The van der Waals surface area contributed by atoms with E-state index < -0.39 is 0 Å². The van der Waals surface area contributed by atoms with Crippen molar-refractivity contribution in [2.24, 2.45) is 11.3 Å². The lowest BCUT2D eigenvalue weighted by atomic mass is 9.90. The molecule has 2 rings (SSSR count). The fraction of sp³-hybridized carbons (Fsp3) is 0.875. The van der Waals surface area contributed by atoms with Crippen LogP contribution in [0.2, 0.25) is 0 Å². The topological polar surface area (TPSA) is 33.0 Å². The van der Waals surface area contributed by atoms with Gasteiger partial charge in [-0.2, -0.15) is 5.26 Å². The average Bonchev–Trinajstić information content (AvgIpc) is 2.58. The second-order valence-electron chi connectivity index (χ2n) is 3.33. The van der Waals surface area contributed by atoms with Gasteiger partial charge in [0.1, 0.15) is 0 Å². The molecule has 0 N–H and O–H groups in total. The Labute approximate surface area is 60.8 Å². The van der Waals surface area contributed by atoms with Gasteiger partial charge >= 0.3 is 0 Å². The number of hydrogen-bond donors (Lipinski definition) is 0. The van der Waals surface area contributed by atoms with Gasteiger partial charge < -0.3 is 4.74 Å². The van der Waals surface area contributed by atoms with Crippen LogP contribution in [0.5, 0.6) is 0 Å². The lowest BCUT2D eigenvalue weighted by Gasteiger charge is -2.11. The van der Waals surface area contributed by atoms with E-state index in [0.29, 0.717) is 5.92 Å². The lowest BCUT2D eigenvalue weighted by molar-refractivity contribution is 0.176. The van der Waals surface area contributed by atoms with Gasteiger partial charge in [0.15, 0.2) is 0 Å². The van der Waals surface area contributed by atoms with Gasteiger partial charge in [-0.15, -0.1) is 0 Å². The highest BCUT2D eigenvalue weighted by Crippen LogP contribution is 2.53. The molecular weight excluding hydrogens is 126 g/mol. The van der Waals surface area contributed by atoms with Crippen LogP contribution in [0.3, 0.4) is 0 Å². The summed E-state index contributed by atoms with van der Waals surface area (Å²) in [6.07, 6.45) is 3.32. The van der Waals surface area contributed by atoms with Crippen LogP contribution < -0.4 is 0 Å². The molecule has 54 valence electrons. The standard InChI is InChI=1S/C8H11NO/c9-6-8(2-3-8)7-1-4-10-5-7/h7H,1-5H2. The van der Waals surface area contributed by atoms with Gasteiger partial charge in [-0.05, 0) is 19.3 Å². The molecule has 0 bridgehead atoms. The monoisotopic (exact) mass is 137 g/mol. The van der Waals surface area contributed by atoms with E-state index in [1.807, 2.05) is 0 Å². The minimum absolute atomic E-state index is 0.0521. The molecule has 2 aliphatic rings. The first-order valence-electron chi connectivity index (χ1n) is 3.86. The van der Waals surface area contributed by atoms with Crippen molar-refractivity contribution in [2.75, 3.05) is 13.2 Å². The Hall–Kier alpha value is -0.550. The van der Waals surface area contributed by atoms with Gasteiger partial charge in [0.25, 0.3) is 0 Å². The number of rotatable bonds is 1. The van der Waals surface area contributed by atoms with Crippen molar-refractivity contribution in [1.29, 1.82) is 5.26 Å². The van der Waals surface area contributed by atoms with E-state index >= 15 is 0 Å². The van der Waals surface area contributed by atoms with Crippen LogP contribution >= 0.6 is 0 Å². The molecule has 1 saturated carbocycles. The molecule has 10 heavy (non-hydrogen) atoms. The molecule has 2 fully saturated rings. The van der Waals surface area contributed by atoms with Gasteiger partial charge in [-0.1, -0.05) is 0 Å². The molecule has 0 aromatic rings. The van der Waals surface area contributed by atoms with Gasteiger partial charge in [0.2, 0.25) is 0 Å². The maximum Gasteiger partial charge on any atom is 0.0693 e.